The third kappa shape index (κ3) is 3.19. The van der Waals surface area contributed by atoms with Gasteiger partial charge in [0.1, 0.15) is 17.5 Å². The molecule has 0 atom stereocenters. The fraction of sp³-hybridized carbons (Fsp3) is 0.100. The summed E-state index contributed by atoms with van der Waals surface area (Å²) >= 11 is 3.49. The molecule has 2 aromatic carbocycles. The van der Waals surface area contributed by atoms with E-state index >= 15 is 0 Å². The van der Waals surface area contributed by atoms with Gasteiger partial charge in [-0.3, -0.25) is 4.68 Å². The number of anilines is 2. The Hall–Kier alpha value is -3.46. The Labute approximate surface area is 174 Å². The van der Waals surface area contributed by atoms with Crippen LogP contribution >= 0.6 is 15.9 Å². The van der Waals surface area contributed by atoms with E-state index in [2.05, 4.69) is 36.3 Å². The maximum Gasteiger partial charge on any atom is 0.233 e. The molecule has 29 heavy (non-hydrogen) atoms. The lowest BCUT2D eigenvalue weighted by atomic mass is 10.3. The van der Waals surface area contributed by atoms with Crippen LogP contribution in [0.4, 0.5) is 11.6 Å². The monoisotopic (exact) mass is 449 g/mol. The third-order valence-electron chi connectivity index (χ3n) is 4.64. The number of benzene rings is 2. The normalized spacial score (nSPS) is 11.3. The van der Waals surface area contributed by atoms with Gasteiger partial charge in [0.2, 0.25) is 11.8 Å². The SMILES string of the molecule is Cn1ncc2c(Oc3ccc4c(c3)nc(Nc3cccc(Br)c3)n4C)ncnc21. The number of fused-ring (bicyclic) bond motifs is 2. The van der Waals surface area contributed by atoms with Gasteiger partial charge in [0, 0.05) is 30.3 Å². The molecular formula is C20H16BrN7O. The minimum atomic E-state index is 0.464. The molecular weight excluding hydrogens is 434 g/mol. The van der Waals surface area contributed by atoms with Crippen molar-refractivity contribution in [3.8, 4) is 11.6 Å². The van der Waals surface area contributed by atoms with Gasteiger partial charge in [-0.2, -0.15) is 5.10 Å². The fourth-order valence-corrected chi connectivity index (χ4v) is 3.58. The summed E-state index contributed by atoms with van der Waals surface area (Å²) in [6.45, 7) is 0. The summed E-state index contributed by atoms with van der Waals surface area (Å²) < 4.78 is 10.7. The van der Waals surface area contributed by atoms with Crippen molar-refractivity contribution in [1.82, 2.24) is 29.3 Å². The Kier molecular flexibility index (Phi) is 4.17. The Morgan fingerprint density at radius 3 is 2.83 bits per heavy atom. The first-order chi connectivity index (χ1) is 14.1. The molecule has 0 bridgehead atoms. The number of aromatic nitrogens is 6. The van der Waals surface area contributed by atoms with Gasteiger partial charge in [0.25, 0.3) is 0 Å². The van der Waals surface area contributed by atoms with Crippen molar-refractivity contribution in [2.45, 2.75) is 0 Å². The zero-order valence-electron chi connectivity index (χ0n) is 15.7. The topological polar surface area (TPSA) is 82.7 Å². The van der Waals surface area contributed by atoms with Crippen LogP contribution in [-0.4, -0.2) is 29.3 Å². The highest BCUT2D eigenvalue weighted by Gasteiger charge is 2.13. The number of ether oxygens (including phenoxy) is 1. The smallest absolute Gasteiger partial charge is 0.233 e. The number of aryl methyl sites for hydroxylation is 2. The van der Waals surface area contributed by atoms with Crippen molar-refractivity contribution in [2.75, 3.05) is 5.32 Å². The molecule has 5 aromatic rings. The van der Waals surface area contributed by atoms with Gasteiger partial charge >= 0.3 is 0 Å². The van der Waals surface area contributed by atoms with E-state index in [1.807, 2.05) is 61.1 Å². The third-order valence-corrected chi connectivity index (χ3v) is 5.13. The molecule has 144 valence electrons. The van der Waals surface area contributed by atoms with E-state index in [4.69, 9.17) is 9.72 Å². The van der Waals surface area contributed by atoms with Crippen molar-refractivity contribution in [1.29, 1.82) is 0 Å². The van der Waals surface area contributed by atoms with Gasteiger partial charge in [-0.25, -0.2) is 15.0 Å². The van der Waals surface area contributed by atoms with Crippen molar-refractivity contribution in [3.63, 3.8) is 0 Å². The molecule has 9 heteroatoms. The molecule has 1 N–H and O–H groups in total. The van der Waals surface area contributed by atoms with Crippen LogP contribution < -0.4 is 10.1 Å². The maximum atomic E-state index is 6.02. The van der Waals surface area contributed by atoms with Crippen LogP contribution in [0.3, 0.4) is 0 Å². The van der Waals surface area contributed by atoms with Gasteiger partial charge < -0.3 is 14.6 Å². The summed E-state index contributed by atoms with van der Waals surface area (Å²) in [5, 5.41) is 8.32. The standard InChI is InChI=1S/C20H16BrN7O/c1-27-17-7-6-14(29-19-15-10-24-28(2)18(15)22-11-23-19)9-16(17)26-20(27)25-13-5-3-4-12(21)8-13/h3-11H,1-2H3,(H,25,26). The highest BCUT2D eigenvalue weighted by atomic mass is 79.9. The summed E-state index contributed by atoms with van der Waals surface area (Å²) in [5.74, 6) is 1.85. The van der Waals surface area contributed by atoms with Gasteiger partial charge in [-0.15, -0.1) is 0 Å². The molecule has 3 heterocycles. The van der Waals surface area contributed by atoms with E-state index in [-0.39, 0.29) is 0 Å². The van der Waals surface area contributed by atoms with Crippen LogP contribution in [0.5, 0.6) is 11.6 Å². The Morgan fingerprint density at radius 2 is 1.97 bits per heavy atom. The molecule has 8 nitrogen and oxygen atoms in total. The molecule has 0 saturated carbocycles. The number of halogens is 1. The zero-order valence-corrected chi connectivity index (χ0v) is 17.3. The largest absolute Gasteiger partial charge is 0.438 e. The Morgan fingerprint density at radius 1 is 1.07 bits per heavy atom. The molecule has 0 aliphatic rings. The summed E-state index contributed by atoms with van der Waals surface area (Å²) in [6.07, 6.45) is 3.17. The Bertz CT molecular complexity index is 1360. The lowest BCUT2D eigenvalue weighted by molar-refractivity contribution is 0.468. The molecule has 0 aliphatic carbocycles. The molecule has 0 unspecified atom stereocenters. The second kappa shape index (κ2) is 6.85. The maximum absolute atomic E-state index is 6.02. The van der Waals surface area contributed by atoms with Crippen LogP contribution in [0.2, 0.25) is 0 Å². The summed E-state index contributed by atoms with van der Waals surface area (Å²) in [6, 6.07) is 13.7. The quantitative estimate of drug-likeness (QED) is 0.433. The van der Waals surface area contributed by atoms with Crippen LogP contribution in [0.1, 0.15) is 0 Å². The van der Waals surface area contributed by atoms with E-state index < -0.39 is 0 Å². The molecule has 0 aliphatic heterocycles. The zero-order chi connectivity index (χ0) is 20.0. The van der Waals surface area contributed by atoms with Gasteiger partial charge in [0.15, 0.2) is 5.65 Å². The summed E-state index contributed by atoms with van der Waals surface area (Å²) in [5.41, 5.74) is 3.48. The average molecular weight is 450 g/mol. The highest BCUT2D eigenvalue weighted by molar-refractivity contribution is 9.10. The predicted molar refractivity (Wildman–Crippen MR) is 115 cm³/mol. The molecule has 0 amide bonds. The number of imidazole rings is 1. The van der Waals surface area contributed by atoms with Crippen LogP contribution in [0.15, 0.2) is 59.5 Å². The van der Waals surface area contributed by atoms with E-state index in [0.29, 0.717) is 11.6 Å². The van der Waals surface area contributed by atoms with Gasteiger partial charge in [-0.05, 0) is 30.3 Å². The summed E-state index contributed by atoms with van der Waals surface area (Å²) in [7, 11) is 3.80. The van der Waals surface area contributed by atoms with Crippen molar-refractivity contribution >= 4 is 49.6 Å². The van der Waals surface area contributed by atoms with Crippen LogP contribution in [0.25, 0.3) is 22.1 Å². The van der Waals surface area contributed by atoms with Crippen LogP contribution in [0, 0.1) is 0 Å². The molecule has 3 aromatic heterocycles. The van der Waals surface area contributed by atoms with Crippen molar-refractivity contribution < 1.29 is 4.74 Å². The lowest BCUT2D eigenvalue weighted by Gasteiger charge is -2.06. The van der Waals surface area contributed by atoms with Crippen molar-refractivity contribution in [2.24, 2.45) is 14.1 Å². The second-order valence-electron chi connectivity index (χ2n) is 6.57. The summed E-state index contributed by atoms with van der Waals surface area (Å²) in [4.78, 5) is 13.2. The van der Waals surface area contributed by atoms with E-state index in [1.165, 1.54) is 6.33 Å². The fourth-order valence-electron chi connectivity index (χ4n) is 3.18. The Balaban J connectivity index is 1.48. The molecule has 5 rings (SSSR count). The van der Waals surface area contributed by atoms with E-state index in [9.17, 15) is 0 Å². The first kappa shape index (κ1) is 17.6. The van der Waals surface area contributed by atoms with Crippen molar-refractivity contribution in [3.05, 3.63) is 59.5 Å². The average Bonchev–Trinajstić information content (AvgIpc) is 3.23. The number of hydrogen-bond acceptors (Lipinski definition) is 6. The molecule has 0 radical (unpaired) electrons. The number of nitrogens with zero attached hydrogens (tertiary/aromatic N) is 6. The minimum absolute atomic E-state index is 0.464. The molecule has 0 fully saturated rings. The van der Waals surface area contributed by atoms with Gasteiger partial charge in [0.05, 0.1) is 17.2 Å². The number of rotatable bonds is 4. The lowest BCUT2D eigenvalue weighted by Crippen LogP contribution is -1.98. The second-order valence-corrected chi connectivity index (χ2v) is 7.48. The molecule has 0 saturated heterocycles. The number of hydrogen-bond donors (Lipinski definition) is 1. The number of nitrogens with one attached hydrogen (secondary N) is 1. The molecule has 0 spiro atoms. The first-order valence-corrected chi connectivity index (χ1v) is 9.67. The minimum Gasteiger partial charge on any atom is -0.438 e. The van der Waals surface area contributed by atoms with E-state index in [1.54, 1.807) is 10.9 Å². The first-order valence-electron chi connectivity index (χ1n) is 8.88. The predicted octanol–water partition coefficient (Wildman–Crippen LogP) is 4.55. The van der Waals surface area contributed by atoms with Crippen LogP contribution in [-0.2, 0) is 14.1 Å². The van der Waals surface area contributed by atoms with Gasteiger partial charge in [-0.1, -0.05) is 22.0 Å². The van der Waals surface area contributed by atoms with E-state index in [0.717, 1.165) is 38.2 Å². The highest BCUT2D eigenvalue weighted by Crippen LogP contribution is 2.30.